The second kappa shape index (κ2) is 8.82. The maximum Gasteiger partial charge on any atom is 0.101 e. The molecule has 1 saturated heterocycles. The van der Waals surface area contributed by atoms with Crippen LogP contribution in [-0.2, 0) is 14.2 Å². The highest BCUT2D eigenvalue weighted by Gasteiger charge is 2.22. The molecule has 1 aliphatic rings. The van der Waals surface area contributed by atoms with E-state index in [-0.39, 0.29) is 12.2 Å². The molecular formula is C13H27NO4. The molecule has 18 heavy (non-hydrogen) atoms. The summed E-state index contributed by atoms with van der Waals surface area (Å²) < 4.78 is 16.1. The van der Waals surface area contributed by atoms with Crippen LogP contribution in [0, 0.1) is 5.92 Å². The van der Waals surface area contributed by atoms with Crippen LogP contribution in [0.2, 0.25) is 0 Å². The Hall–Kier alpha value is -0.200. The Morgan fingerprint density at radius 1 is 1.33 bits per heavy atom. The molecule has 5 nitrogen and oxygen atoms in total. The van der Waals surface area contributed by atoms with Crippen LogP contribution < -0.4 is 5.32 Å². The molecule has 4 unspecified atom stereocenters. The number of nitrogens with one attached hydrogen (secondary N) is 1. The van der Waals surface area contributed by atoms with Crippen LogP contribution in [-0.4, -0.2) is 63.4 Å². The quantitative estimate of drug-likeness (QED) is 0.663. The number of hydrogen-bond acceptors (Lipinski definition) is 5. The maximum atomic E-state index is 9.77. The van der Waals surface area contributed by atoms with Gasteiger partial charge in [-0.15, -0.1) is 0 Å². The second-order valence-corrected chi connectivity index (χ2v) is 5.09. The summed E-state index contributed by atoms with van der Waals surface area (Å²) in [6.07, 6.45) is 0.755. The van der Waals surface area contributed by atoms with Crippen molar-refractivity contribution < 1.29 is 19.3 Å². The van der Waals surface area contributed by atoms with E-state index in [4.69, 9.17) is 14.2 Å². The van der Waals surface area contributed by atoms with Crippen molar-refractivity contribution in [1.29, 1.82) is 0 Å². The van der Waals surface area contributed by atoms with E-state index in [0.717, 1.165) is 19.5 Å². The molecule has 0 spiro atoms. The average Bonchev–Trinajstić information content (AvgIpc) is 2.36. The zero-order valence-corrected chi connectivity index (χ0v) is 11.7. The summed E-state index contributed by atoms with van der Waals surface area (Å²) in [5, 5.41) is 13.1. The fourth-order valence-electron chi connectivity index (χ4n) is 2.03. The van der Waals surface area contributed by atoms with E-state index in [0.29, 0.717) is 25.7 Å². The van der Waals surface area contributed by atoms with Crippen LogP contribution in [0.5, 0.6) is 0 Å². The third-order valence-electron chi connectivity index (χ3n) is 3.23. The minimum absolute atomic E-state index is 0.0000733. The van der Waals surface area contributed by atoms with Gasteiger partial charge in [-0.3, -0.25) is 0 Å². The Labute approximate surface area is 110 Å². The lowest BCUT2D eigenvalue weighted by atomic mass is 9.97. The number of methoxy groups -OCH3 is 1. The van der Waals surface area contributed by atoms with Gasteiger partial charge in [-0.05, 0) is 25.8 Å². The van der Waals surface area contributed by atoms with Crippen LogP contribution in [0.4, 0.5) is 0 Å². The van der Waals surface area contributed by atoms with Crippen molar-refractivity contribution in [3.8, 4) is 0 Å². The Kier molecular flexibility index (Phi) is 7.77. The fourth-order valence-corrected chi connectivity index (χ4v) is 2.03. The van der Waals surface area contributed by atoms with E-state index in [1.54, 1.807) is 7.11 Å². The highest BCUT2D eigenvalue weighted by atomic mass is 16.5. The van der Waals surface area contributed by atoms with Crippen LogP contribution in [0.25, 0.3) is 0 Å². The van der Waals surface area contributed by atoms with Gasteiger partial charge in [-0.1, -0.05) is 6.92 Å². The first-order valence-electron chi connectivity index (χ1n) is 6.74. The smallest absolute Gasteiger partial charge is 0.101 e. The maximum absolute atomic E-state index is 9.77. The lowest BCUT2D eigenvalue weighted by molar-refractivity contribution is -0.0813. The molecule has 2 N–H and O–H groups in total. The van der Waals surface area contributed by atoms with E-state index >= 15 is 0 Å². The largest absolute Gasteiger partial charge is 0.388 e. The van der Waals surface area contributed by atoms with Crippen molar-refractivity contribution in [1.82, 2.24) is 5.32 Å². The number of aliphatic hydroxyl groups excluding tert-OH is 1. The highest BCUT2D eigenvalue weighted by molar-refractivity contribution is 4.75. The first-order chi connectivity index (χ1) is 8.63. The normalized spacial score (nSPS) is 28.0. The fraction of sp³-hybridized carbons (Fsp3) is 1.00. The van der Waals surface area contributed by atoms with Crippen LogP contribution in [0.3, 0.4) is 0 Å². The number of rotatable bonds is 8. The van der Waals surface area contributed by atoms with Crippen molar-refractivity contribution >= 4 is 0 Å². The third kappa shape index (κ3) is 6.11. The summed E-state index contributed by atoms with van der Waals surface area (Å²) >= 11 is 0. The molecule has 0 aliphatic carbocycles. The molecule has 0 aromatic heterocycles. The highest BCUT2D eigenvalue weighted by Crippen LogP contribution is 2.14. The van der Waals surface area contributed by atoms with Crippen LogP contribution in [0.1, 0.15) is 20.3 Å². The van der Waals surface area contributed by atoms with E-state index < -0.39 is 6.10 Å². The predicted molar refractivity (Wildman–Crippen MR) is 69.7 cm³/mol. The molecule has 0 aromatic rings. The second-order valence-electron chi connectivity index (χ2n) is 5.09. The van der Waals surface area contributed by atoms with Gasteiger partial charge in [0, 0.05) is 13.7 Å². The van der Waals surface area contributed by atoms with Gasteiger partial charge in [0.25, 0.3) is 0 Å². The summed E-state index contributed by atoms with van der Waals surface area (Å²) in [5.74, 6) is 0.548. The Bertz CT molecular complexity index is 215. The monoisotopic (exact) mass is 261 g/mol. The first-order valence-corrected chi connectivity index (χ1v) is 6.74. The summed E-state index contributed by atoms with van der Waals surface area (Å²) in [6.45, 7) is 7.20. The lowest BCUT2D eigenvalue weighted by Crippen LogP contribution is -2.42. The number of piperidine rings is 1. The Morgan fingerprint density at radius 3 is 2.78 bits per heavy atom. The first kappa shape index (κ1) is 15.9. The number of hydrogen-bond donors (Lipinski definition) is 2. The number of aliphatic hydroxyl groups is 1. The van der Waals surface area contributed by atoms with Gasteiger partial charge >= 0.3 is 0 Å². The van der Waals surface area contributed by atoms with Gasteiger partial charge < -0.3 is 24.6 Å². The molecule has 0 saturated carbocycles. The molecule has 5 heteroatoms. The molecule has 0 aromatic carbocycles. The van der Waals surface area contributed by atoms with Crippen molar-refractivity contribution in [2.24, 2.45) is 5.92 Å². The van der Waals surface area contributed by atoms with E-state index in [1.807, 2.05) is 6.92 Å². The van der Waals surface area contributed by atoms with Crippen molar-refractivity contribution in [2.45, 2.75) is 38.6 Å². The van der Waals surface area contributed by atoms with Crippen molar-refractivity contribution in [2.75, 3.05) is 40.0 Å². The van der Waals surface area contributed by atoms with Gasteiger partial charge in [0.05, 0.1) is 32.0 Å². The molecule has 0 amide bonds. The molecular weight excluding hydrogens is 234 g/mol. The SMILES string of the molecule is COCC(C)OCC(O)COC1CNCCC1C. The van der Waals surface area contributed by atoms with Crippen LogP contribution >= 0.6 is 0 Å². The molecule has 0 radical (unpaired) electrons. The Balaban J connectivity index is 2.10. The topological polar surface area (TPSA) is 60.0 Å². The van der Waals surface area contributed by atoms with Gasteiger partial charge in [0.2, 0.25) is 0 Å². The summed E-state index contributed by atoms with van der Waals surface area (Å²) in [4.78, 5) is 0. The predicted octanol–water partition coefficient (Wildman–Crippen LogP) is 0.413. The lowest BCUT2D eigenvalue weighted by Gasteiger charge is -2.30. The molecule has 108 valence electrons. The van der Waals surface area contributed by atoms with Gasteiger partial charge in [-0.25, -0.2) is 0 Å². The summed E-state index contributed by atoms with van der Waals surface area (Å²) in [6, 6.07) is 0. The molecule has 1 fully saturated rings. The molecule has 1 aliphatic heterocycles. The molecule has 0 bridgehead atoms. The van der Waals surface area contributed by atoms with Gasteiger partial charge in [0.1, 0.15) is 6.10 Å². The Morgan fingerprint density at radius 2 is 2.11 bits per heavy atom. The standard InChI is InChI=1S/C13H27NO4/c1-10-4-5-14-6-13(10)18-9-12(15)8-17-11(2)7-16-3/h10-15H,4-9H2,1-3H3. The minimum Gasteiger partial charge on any atom is -0.388 e. The van der Waals surface area contributed by atoms with Crippen molar-refractivity contribution in [3.63, 3.8) is 0 Å². The number of ether oxygens (including phenoxy) is 3. The average molecular weight is 261 g/mol. The molecule has 1 rings (SSSR count). The summed E-state index contributed by atoms with van der Waals surface area (Å²) in [5.41, 5.74) is 0. The van der Waals surface area contributed by atoms with E-state index in [9.17, 15) is 5.11 Å². The minimum atomic E-state index is -0.571. The van der Waals surface area contributed by atoms with E-state index in [1.165, 1.54) is 0 Å². The van der Waals surface area contributed by atoms with Crippen molar-refractivity contribution in [3.05, 3.63) is 0 Å². The summed E-state index contributed by atoms with van der Waals surface area (Å²) in [7, 11) is 1.64. The molecule has 4 atom stereocenters. The third-order valence-corrected chi connectivity index (χ3v) is 3.23. The zero-order chi connectivity index (χ0) is 13.4. The molecule has 1 heterocycles. The zero-order valence-electron chi connectivity index (χ0n) is 11.7. The van der Waals surface area contributed by atoms with E-state index in [2.05, 4.69) is 12.2 Å². The van der Waals surface area contributed by atoms with Gasteiger partial charge in [-0.2, -0.15) is 0 Å². The van der Waals surface area contributed by atoms with Gasteiger partial charge in [0.15, 0.2) is 0 Å². The van der Waals surface area contributed by atoms with Crippen LogP contribution in [0.15, 0.2) is 0 Å².